The van der Waals surface area contributed by atoms with E-state index in [-0.39, 0.29) is 36.1 Å². The van der Waals surface area contributed by atoms with E-state index in [1.807, 2.05) is 0 Å². The van der Waals surface area contributed by atoms with E-state index in [9.17, 15) is 4.79 Å². The summed E-state index contributed by atoms with van der Waals surface area (Å²) < 4.78 is 3.98. The Morgan fingerprint density at radius 3 is 2.38 bits per heavy atom. The standard InChI is InChI=1S/C3H7NO3.Na.H/c4-1-3(6)7-2-5;;/h5H,1-2,4H2;;. The fourth-order valence-corrected chi connectivity index (χ4v) is 0.131. The van der Waals surface area contributed by atoms with Gasteiger partial charge < -0.3 is 15.6 Å². The van der Waals surface area contributed by atoms with Crippen molar-refractivity contribution in [1.29, 1.82) is 0 Å². The molecule has 0 saturated carbocycles. The second kappa shape index (κ2) is 7.39. The van der Waals surface area contributed by atoms with Crippen molar-refractivity contribution in [2.45, 2.75) is 0 Å². The molecule has 0 unspecified atom stereocenters. The van der Waals surface area contributed by atoms with Gasteiger partial charge in [0.1, 0.15) is 0 Å². The minimum absolute atomic E-state index is 0. The zero-order valence-electron chi connectivity index (χ0n) is 3.76. The molecule has 0 radical (unpaired) electrons. The Bertz CT molecular complexity index is 67.5. The Labute approximate surface area is 69.3 Å². The molecule has 0 atom stereocenters. The van der Waals surface area contributed by atoms with E-state index < -0.39 is 12.8 Å². The van der Waals surface area contributed by atoms with Crippen LogP contribution in [0.3, 0.4) is 0 Å². The van der Waals surface area contributed by atoms with Crippen LogP contribution in [0.1, 0.15) is 0 Å². The van der Waals surface area contributed by atoms with Crippen molar-refractivity contribution in [3.05, 3.63) is 0 Å². The van der Waals surface area contributed by atoms with Gasteiger partial charge in [-0.05, 0) is 0 Å². The van der Waals surface area contributed by atoms with Crippen LogP contribution in [0.15, 0.2) is 0 Å². The normalized spacial score (nSPS) is 7.25. The molecule has 0 bridgehead atoms. The van der Waals surface area contributed by atoms with E-state index in [1.165, 1.54) is 0 Å². The molecule has 44 valence electrons. The second-order valence-corrected chi connectivity index (χ2v) is 0.850. The third kappa shape index (κ3) is 6.39. The zero-order valence-corrected chi connectivity index (χ0v) is 3.76. The molecule has 0 heterocycles. The number of hydrogen-bond acceptors (Lipinski definition) is 4. The topological polar surface area (TPSA) is 72.6 Å². The number of esters is 1. The maximum atomic E-state index is 9.90. The number of hydrogen-bond donors (Lipinski definition) is 2. The number of carbonyl (C=O) groups excluding carboxylic acids is 1. The van der Waals surface area contributed by atoms with Crippen LogP contribution < -0.4 is 5.73 Å². The first-order valence-corrected chi connectivity index (χ1v) is 1.77. The summed E-state index contributed by atoms with van der Waals surface area (Å²) >= 11 is 0. The number of carbonyl (C=O) groups is 1. The van der Waals surface area contributed by atoms with Crippen molar-refractivity contribution in [2.24, 2.45) is 5.73 Å². The Morgan fingerprint density at radius 2 is 2.25 bits per heavy atom. The van der Waals surface area contributed by atoms with Crippen molar-refractivity contribution in [3.63, 3.8) is 0 Å². The summed E-state index contributed by atoms with van der Waals surface area (Å²) in [4.78, 5) is 9.90. The van der Waals surface area contributed by atoms with E-state index in [1.54, 1.807) is 0 Å². The average molecular weight is 129 g/mol. The first-order valence-electron chi connectivity index (χ1n) is 1.77. The van der Waals surface area contributed by atoms with Crippen LogP contribution in [-0.4, -0.2) is 54.0 Å². The summed E-state index contributed by atoms with van der Waals surface area (Å²) in [6.45, 7) is -0.767. The molecule has 5 heteroatoms. The number of rotatable bonds is 2. The predicted molar refractivity (Wildman–Crippen MR) is 29.4 cm³/mol. The van der Waals surface area contributed by atoms with E-state index in [0.717, 1.165) is 0 Å². The molecule has 8 heavy (non-hydrogen) atoms. The van der Waals surface area contributed by atoms with Gasteiger partial charge in [-0.3, -0.25) is 4.79 Å². The third-order valence-corrected chi connectivity index (χ3v) is 0.392. The molecule has 4 nitrogen and oxygen atoms in total. The van der Waals surface area contributed by atoms with Crippen LogP contribution in [0.4, 0.5) is 0 Å². The number of aliphatic hydroxyl groups is 1. The van der Waals surface area contributed by atoms with Gasteiger partial charge >= 0.3 is 35.5 Å². The zero-order chi connectivity index (χ0) is 5.70. The van der Waals surface area contributed by atoms with Crippen LogP contribution in [-0.2, 0) is 9.53 Å². The van der Waals surface area contributed by atoms with Gasteiger partial charge in [-0.15, -0.1) is 0 Å². The summed E-state index contributed by atoms with van der Waals surface area (Å²) in [5.74, 6) is -0.595. The average Bonchev–Trinajstić information content (AvgIpc) is 1.68. The van der Waals surface area contributed by atoms with Crippen molar-refractivity contribution < 1.29 is 14.6 Å². The van der Waals surface area contributed by atoms with E-state index >= 15 is 0 Å². The second-order valence-electron chi connectivity index (χ2n) is 0.850. The molecular formula is C3H8NNaO3. The van der Waals surface area contributed by atoms with Gasteiger partial charge in [0.25, 0.3) is 0 Å². The number of ether oxygens (including phenoxy) is 1. The fraction of sp³-hybridized carbons (Fsp3) is 0.667. The molecule has 0 fully saturated rings. The fourth-order valence-electron chi connectivity index (χ4n) is 0.131. The van der Waals surface area contributed by atoms with Gasteiger partial charge in [-0.1, -0.05) is 0 Å². The van der Waals surface area contributed by atoms with Gasteiger partial charge in [-0.2, -0.15) is 0 Å². The van der Waals surface area contributed by atoms with Crippen LogP contribution in [0.2, 0.25) is 0 Å². The summed E-state index contributed by atoms with van der Waals surface area (Å²) in [5.41, 5.74) is 4.77. The van der Waals surface area contributed by atoms with Crippen LogP contribution >= 0.6 is 0 Å². The molecule has 0 aliphatic carbocycles. The molecular weight excluding hydrogens is 121 g/mol. The molecule has 0 aromatic heterocycles. The maximum absolute atomic E-state index is 9.90. The van der Waals surface area contributed by atoms with Gasteiger partial charge in [0.15, 0.2) is 6.79 Å². The van der Waals surface area contributed by atoms with Crippen LogP contribution in [0.25, 0.3) is 0 Å². The molecule has 0 aliphatic rings. The summed E-state index contributed by atoms with van der Waals surface area (Å²) in [5, 5.41) is 7.87. The predicted octanol–water partition coefficient (Wildman–Crippen LogP) is -2.21. The van der Waals surface area contributed by atoms with Gasteiger partial charge in [0.2, 0.25) is 0 Å². The van der Waals surface area contributed by atoms with Gasteiger partial charge in [0, 0.05) is 0 Å². The van der Waals surface area contributed by atoms with Crippen LogP contribution in [0, 0.1) is 0 Å². The molecule has 0 spiro atoms. The molecule has 0 aliphatic heterocycles. The van der Waals surface area contributed by atoms with E-state index in [0.29, 0.717) is 0 Å². The van der Waals surface area contributed by atoms with E-state index in [4.69, 9.17) is 10.8 Å². The molecule has 0 rings (SSSR count). The van der Waals surface area contributed by atoms with Crippen molar-refractivity contribution >= 4 is 35.5 Å². The molecule has 0 amide bonds. The molecule has 3 N–H and O–H groups in total. The Kier molecular flexibility index (Phi) is 10.4. The summed E-state index contributed by atoms with van der Waals surface area (Å²) in [7, 11) is 0. The Morgan fingerprint density at radius 1 is 1.75 bits per heavy atom. The molecule has 0 aromatic rings. The molecule has 0 aromatic carbocycles. The Balaban J connectivity index is 0. The first-order chi connectivity index (χ1) is 3.31. The van der Waals surface area contributed by atoms with E-state index in [2.05, 4.69) is 4.74 Å². The summed E-state index contributed by atoms with van der Waals surface area (Å²) in [6, 6.07) is 0. The Hall–Kier alpha value is 0.390. The first kappa shape index (κ1) is 11.2. The summed E-state index contributed by atoms with van der Waals surface area (Å²) in [6.07, 6.45) is 0. The van der Waals surface area contributed by atoms with Crippen molar-refractivity contribution in [3.8, 4) is 0 Å². The SMILES string of the molecule is NCC(=O)OCO.[NaH]. The van der Waals surface area contributed by atoms with Crippen molar-refractivity contribution in [2.75, 3.05) is 13.3 Å². The van der Waals surface area contributed by atoms with Gasteiger partial charge in [0.05, 0.1) is 6.54 Å². The van der Waals surface area contributed by atoms with Crippen molar-refractivity contribution in [1.82, 2.24) is 0 Å². The van der Waals surface area contributed by atoms with Crippen LogP contribution in [0.5, 0.6) is 0 Å². The monoisotopic (exact) mass is 129 g/mol. The third-order valence-electron chi connectivity index (χ3n) is 0.392. The number of nitrogens with two attached hydrogens (primary N) is 1. The molecule has 0 saturated heterocycles. The minimum atomic E-state index is -0.595. The number of aliphatic hydroxyl groups excluding tert-OH is 1. The quantitative estimate of drug-likeness (QED) is 0.252. The van der Waals surface area contributed by atoms with Gasteiger partial charge in [-0.25, -0.2) is 0 Å².